The van der Waals surface area contributed by atoms with E-state index in [1.807, 2.05) is 0 Å². The van der Waals surface area contributed by atoms with Gasteiger partial charge < -0.3 is 16.0 Å². The molecule has 1 amide bonds. The van der Waals surface area contributed by atoms with Crippen LogP contribution in [0.3, 0.4) is 0 Å². The molecule has 19 heavy (non-hydrogen) atoms. The van der Waals surface area contributed by atoms with Gasteiger partial charge in [0, 0.05) is 12.6 Å². The minimum Gasteiger partial charge on any atom is -0.375 e. The molecule has 6 heteroatoms. The van der Waals surface area contributed by atoms with Crippen LogP contribution in [0.2, 0.25) is 0 Å². The highest BCUT2D eigenvalue weighted by molar-refractivity contribution is 7.17. The number of nitrogen functional groups attached to an aromatic ring is 1. The van der Waals surface area contributed by atoms with Gasteiger partial charge in [-0.15, -0.1) is 0 Å². The van der Waals surface area contributed by atoms with Crippen molar-refractivity contribution in [3.63, 3.8) is 0 Å². The molecule has 3 N–H and O–H groups in total. The van der Waals surface area contributed by atoms with E-state index in [0.717, 1.165) is 19.4 Å². The van der Waals surface area contributed by atoms with E-state index in [9.17, 15) is 4.79 Å². The number of aromatic nitrogens is 1. The molecule has 0 bridgehead atoms. The summed E-state index contributed by atoms with van der Waals surface area (Å²) in [4.78, 5) is 18.8. The van der Waals surface area contributed by atoms with Crippen LogP contribution in [0.25, 0.3) is 0 Å². The molecule has 108 valence electrons. The van der Waals surface area contributed by atoms with Crippen LogP contribution >= 0.6 is 11.3 Å². The zero-order chi connectivity index (χ0) is 14.4. The summed E-state index contributed by atoms with van der Waals surface area (Å²) in [5.41, 5.74) is 6.28. The lowest BCUT2D eigenvalue weighted by atomic mass is 10.2. The van der Waals surface area contributed by atoms with Gasteiger partial charge in [-0.05, 0) is 47.2 Å². The Morgan fingerprint density at radius 3 is 2.68 bits per heavy atom. The zero-order valence-electron chi connectivity index (χ0n) is 12.2. The van der Waals surface area contributed by atoms with Crippen molar-refractivity contribution in [1.29, 1.82) is 0 Å². The lowest BCUT2D eigenvalue weighted by Crippen LogP contribution is -2.29. The van der Waals surface area contributed by atoms with Crippen LogP contribution < -0.4 is 11.1 Å². The smallest absolute Gasteiger partial charge is 0.263 e. The third kappa shape index (κ3) is 5.16. The lowest BCUT2D eigenvalue weighted by molar-refractivity contribution is 0.0955. The van der Waals surface area contributed by atoms with Gasteiger partial charge in [-0.2, -0.15) is 0 Å². The molecule has 0 aliphatic rings. The first-order chi connectivity index (χ1) is 8.91. The van der Waals surface area contributed by atoms with E-state index in [2.05, 4.69) is 36.1 Å². The zero-order valence-corrected chi connectivity index (χ0v) is 13.0. The predicted octanol–water partition coefficient (Wildman–Crippen LogP) is 1.88. The average molecular weight is 284 g/mol. The number of hydrogen-bond acceptors (Lipinski definition) is 5. The van der Waals surface area contributed by atoms with Crippen LogP contribution in [-0.4, -0.2) is 42.0 Å². The minimum atomic E-state index is -0.0658. The molecule has 0 radical (unpaired) electrons. The van der Waals surface area contributed by atoms with Gasteiger partial charge in [0.15, 0.2) is 5.13 Å². The SMILES string of the molecule is Cc1nc(N)sc1C(=O)NCCCCN(C)C(C)C. The lowest BCUT2D eigenvalue weighted by Gasteiger charge is -2.20. The molecule has 1 aromatic rings. The maximum absolute atomic E-state index is 11.9. The average Bonchev–Trinajstić information content (AvgIpc) is 2.67. The van der Waals surface area contributed by atoms with Gasteiger partial charge in [-0.3, -0.25) is 4.79 Å². The number of nitrogens with zero attached hydrogens (tertiary/aromatic N) is 2. The highest BCUT2D eigenvalue weighted by Crippen LogP contribution is 2.19. The van der Waals surface area contributed by atoms with Crippen LogP contribution in [-0.2, 0) is 0 Å². The molecule has 0 saturated heterocycles. The second kappa shape index (κ2) is 7.45. The van der Waals surface area contributed by atoms with Gasteiger partial charge in [-0.25, -0.2) is 4.98 Å². The molecule has 0 spiro atoms. The van der Waals surface area contributed by atoms with Gasteiger partial charge in [0.05, 0.1) is 5.69 Å². The second-order valence-electron chi connectivity index (χ2n) is 5.00. The van der Waals surface area contributed by atoms with Crippen molar-refractivity contribution in [3.8, 4) is 0 Å². The van der Waals surface area contributed by atoms with Gasteiger partial charge in [0.2, 0.25) is 0 Å². The number of carbonyl (C=O) groups is 1. The third-order valence-corrected chi connectivity index (χ3v) is 4.11. The molecule has 0 saturated carbocycles. The summed E-state index contributed by atoms with van der Waals surface area (Å²) in [6.07, 6.45) is 2.06. The summed E-state index contributed by atoms with van der Waals surface area (Å²) in [7, 11) is 2.12. The Kier molecular flexibility index (Phi) is 6.24. The van der Waals surface area contributed by atoms with E-state index in [4.69, 9.17) is 5.73 Å². The van der Waals surface area contributed by atoms with Gasteiger partial charge >= 0.3 is 0 Å². The van der Waals surface area contributed by atoms with E-state index in [-0.39, 0.29) is 5.91 Å². The van der Waals surface area contributed by atoms with Gasteiger partial charge in [0.25, 0.3) is 5.91 Å². The predicted molar refractivity (Wildman–Crippen MR) is 80.6 cm³/mol. The van der Waals surface area contributed by atoms with Crippen LogP contribution in [0.4, 0.5) is 5.13 Å². The third-order valence-electron chi connectivity index (χ3n) is 3.12. The number of nitrogens with two attached hydrogens (primary N) is 1. The highest BCUT2D eigenvalue weighted by atomic mass is 32.1. The van der Waals surface area contributed by atoms with Crippen molar-refractivity contribution in [2.24, 2.45) is 0 Å². The Hall–Kier alpha value is -1.14. The molecule has 0 aliphatic carbocycles. The number of carbonyl (C=O) groups excluding carboxylic acids is 1. The summed E-state index contributed by atoms with van der Waals surface area (Å²) in [6, 6.07) is 0.567. The number of unbranched alkanes of at least 4 members (excludes halogenated alkanes) is 1. The van der Waals surface area contributed by atoms with Crippen molar-refractivity contribution < 1.29 is 4.79 Å². The van der Waals surface area contributed by atoms with Crippen molar-refractivity contribution in [1.82, 2.24) is 15.2 Å². The van der Waals surface area contributed by atoms with Crippen LogP contribution in [0, 0.1) is 6.92 Å². The maximum Gasteiger partial charge on any atom is 0.263 e. The molecule has 0 fully saturated rings. The molecule has 5 nitrogen and oxygen atoms in total. The number of amides is 1. The first kappa shape index (κ1) is 15.9. The Morgan fingerprint density at radius 2 is 2.16 bits per heavy atom. The number of aryl methyl sites for hydroxylation is 1. The monoisotopic (exact) mass is 284 g/mol. The van der Waals surface area contributed by atoms with Crippen molar-refractivity contribution in [2.45, 2.75) is 39.7 Å². The molecule has 1 rings (SSSR count). The fourth-order valence-electron chi connectivity index (χ4n) is 1.65. The Morgan fingerprint density at radius 1 is 1.47 bits per heavy atom. The standard InChI is InChI=1S/C13H24N4OS/c1-9(2)17(4)8-6-5-7-15-12(18)11-10(3)16-13(14)19-11/h9H,5-8H2,1-4H3,(H2,14,16)(H,15,18). The summed E-state index contributed by atoms with van der Waals surface area (Å²) >= 11 is 1.24. The van der Waals surface area contributed by atoms with E-state index in [1.54, 1.807) is 6.92 Å². The van der Waals surface area contributed by atoms with Gasteiger partial charge in [-0.1, -0.05) is 11.3 Å². The summed E-state index contributed by atoms with van der Waals surface area (Å²) < 4.78 is 0. The molecule has 0 aliphatic heterocycles. The summed E-state index contributed by atoms with van der Waals surface area (Å²) in [5.74, 6) is -0.0658. The van der Waals surface area contributed by atoms with E-state index in [0.29, 0.717) is 28.3 Å². The fraction of sp³-hybridized carbons (Fsp3) is 0.692. The number of nitrogens with one attached hydrogen (secondary N) is 1. The molecule has 1 heterocycles. The van der Waals surface area contributed by atoms with Crippen LogP contribution in [0.15, 0.2) is 0 Å². The summed E-state index contributed by atoms with van der Waals surface area (Å²) in [5, 5.41) is 3.36. The largest absolute Gasteiger partial charge is 0.375 e. The number of rotatable bonds is 7. The number of hydrogen-bond donors (Lipinski definition) is 2. The molecular formula is C13H24N4OS. The molecule has 0 unspecified atom stereocenters. The topological polar surface area (TPSA) is 71.2 Å². The Labute approximate surface area is 119 Å². The highest BCUT2D eigenvalue weighted by Gasteiger charge is 2.13. The Bertz CT molecular complexity index is 417. The fourth-order valence-corrected chi connectivity index (χ4v) is 2.40. The number of thiazole rings is 1. The van der Waals surface area contributed by atoms with E-state index >= 15 is 0 Å². The molecule has 0 aromatic carbocycles. The minimum absolute atomic E-state index is 0.0658. The van der Waals surface area contributed by atoms with Crippen molar-refractivity contribution in [3.05, 3.63) is 10.6 Å². The van der Waals surface area contributed by atoms with Crippen molar-refractivity contribution in [2.75, 3.05) is 25.9 Å². The molecule has 1 aromatic heterocycles. The van der Waals surface area contributed by atoms with E-state index in [1.165, 1.54) is 11.3 Å². The second-order valence-corrected chi connectivity index (χ2v) is 6.03. The first-order valence-electron chi connectivity index (χ1n) is 6.63. The molecule has 0 atom stereocenters. The Balaban J connectivity index is 2.23. The van der Waals surface area contributed by atoms with E-state index < -0.39 is 0 Å². The normalized spacial score (nSPS) is 11.3. The first-order valence-corrected chi connectivity index (χ1v) is 7.44. The molecular weight excluding hydrogens is 260 g/mol. The van der Waals surface area contributed by atoms with Gasteiger partial charge in [0.1, 0.15) is 4.88 Å². The van der Waals surface area contributed by atoms with Crippen LogP contribution in [0.5, 0.6) is 0 Å². The quantitative estimate of drug-likeness (QED) is 0.750. The van der Waals surface area contributed by atoms with Crippen molar-refractivity contribution >= 4 is 22.4 Å². The summed E-state index contributed by atoms with van der Waals surface area (Å²) in [6.45, 7) is 7.92. The maximum atomic E-state index is 11.9. The van der Waals surface area contributed by atoms with Crippen LogP contribution in [0.1, 0.15) is 42.1 Å². The number of anilines is 1.